The summed E-state index contributed by atoms with van der Waals surface area (Å²) >= 11 is 0. The minimum absolute atomic E-state index is 0.218. The van der Waals surface area contributed by atoms with E-state index in [9.17, 15) is 4.79 Å². The van der Waals surface area contributed by atoms with Gasteiger partial charge in [-0.25, -0.2) is 4.79 Å². The molecular weight excluding hydrogens is 312 g/mol. The van der Waals surface area contributed by atoms with Gasteiger partial charge in [0.1, 0.15) is 5.60 Å². The van der Waals surface area contributed by atoms with E-state index in [1.165, 1.54) is 30.4 Å². The molecule has 1 unspecified atom stereocenters. The molecule has 25 heavy (non-hydrogen) atoms. The predicted molar refractivity (Wildman–Crippen MR) is 103 cm³/mol. The molecule has 1 aliphatic carbocycles. The fourth-order valence-corrected chi connectivity index (χ4v) is 3.15. The van der Waals surface area contributed by atoms with Crippen LogP contribution in [0.25, 0.3) is 0 Å². The minimum Gasteiger partial charge on any atom is -0.444 e. The number of amides is 1. The number of unbranched alkanes of at least 4 members (excludes halogenated alkanes) is 1. The van der Waals surface area contributed by atoms with Crippen LogP contribution < -0.4 is 10.6 Å². The molecule has 140 valence electrons. The summed E-state index contributed by atoms with van der Waals surface area (Å²) in [7, 11) is 0. The van der Waals surface area contributed by atoms with Crippen LogP contribution in [0.2, 0.25) is 0 Å². The fourth-order valence-electron chi connectivity index (χ4n) is 3.15. The van der Waals surface area contributed by atoms with Crippen LogP contribution in [0.3, 0.4) is 0 Å². The van der Waals surface area contributed by atoms with E-state index in [4.69, 9.17) is 4.74 Å². The third kappa shape index (κ3) is 6.69. The smallest absolute Gasteiger partial charge is 0.407 e. The second kappa shape index (κ2) is 8.70. The van der Waals surface area contributed by atoms with E-state index >= 15 is 0 Å². The Bertz CT molecular complexity index is 542. The zero-order valence-corrected chi connectivity index (χ0v) is 16.4. The van der Waals surface area contributed by atoms with Crippen LogP contribution in [0.5, 0.6) is 0 Å². The zero-order chi connectivity index (χ0) is 18.4. The van der Waals surface area contributed by atoms with Gasteiger partial charge in [0.25, 0.3) is 0 Å². The summed E-state index contributed by atoms with van der Waals surface area (Å²) in [5, 5.41) is 6.60. The van der Waals surface area contributed by atoms with Crippen LogP contribution in [-0.2, 0) is 11.2 Å². The number of benzene rings is 1. The lowest BCUT2D eigenvalue weighted by molar-refractivity contribution is 0.0463. The van der Waals surface area contributed by atoms with E-state index < -0.39 is 5.60 Å². The SMILES string of the molecule is CCCCc1ccc(C(C)NC2CC(NC(=O)OC(C)(C)C)C2)cc1. The quantitative estimate of drug-likeness (QED) is 0.750. The molecule has 4 nitrogen and oxygen atoms in total. The van der Waals surface area contributed by atoms with E-state index in [2.05, 4.69) is 48.7 Å². The topological polar surface area (TPSA) is 50.4 Å². The second-order valence-electron chi connectivity index (χ2n) is 8.24. The molecule has 0 bridgehead atoms. The van der Waals surface area contributed by atoms with Gasteiger partial charge >= 0.3 is 6.09 Å². The van der Waals surface area contributed by atoms with Crippen molar-refractivity contribution >= 4 is 6.09 Å². The van der Waals surface area contributed by atoms with Gasteiger partial charge < -0.3 is 15.4 Å². The fraction of sp³-hybridized carbons (Fsp3) is 0.667. The van der Waals surface area contributed by atoms with Crippen LogP contribution in [0, 0.1) is 0 Å². The van der Waals surface area contributed by atoms with E-state index in [1.54, 1.807) is 0 Å². The summed E-state index contributed by atoms with van der Waals surface area (Å²) in [5.74, 6) is 0. The van der Waals surface area contributed by atoms with Crippen molar-refractivity contribution in [2.75, 3.05) is 0 Å². The van der Waals surface area contributed by atoms with Crippen molar-refractivity contribution in [1.29, 1.82) is 0 Å². The molecule has 0 spiro atoms. The number of carbonyl (C=O) groups excluding carboxylic acids is 1. The summed E-state index contributed by atoms with van der Waals surface area (Å²) in [4.78, 5) is 11.8. The monoisotopic (exact) mass is 346 g/mol. The first-order chi connectivity index (χ1) is 11.8. The van der Waals surface area contributed by atoms with Gasteiger partial charge in [-0.05, 0) is 64.5 Å². The van der Waals surface area contributed by atoms with Gasteiger partial charge in [0.15, 0.2) is 0 Å². The maximum absolute atomic E-state index is 11.8. The van der Waals surface area contributed by atoms with Crippen molar-refractivity contribution in [2.45, 2.75) is 90.4 Å². The largest absolute Gasteiger partial charge is 0.444 e. The van der Waals surface area contributed by atoms with E-state index in [0.29, 0.717) is 12.1 Å². The number of alkyl carbamates (subject to hydrolysis) is 1. The van der Waals surface area contributed by atoms with Gasteiger partial charge in [-0.3, -0.25) is 0 Å². The van der Waals surface area contributed by atoms with Gasteiger partial charge in [0.2, 0.25) is 0 Å². The summed E-state index contributed by atoms with van der Waals surface area (Å²) < 4.78 is 5.30. The molecule has 1 saturated carbocycles. The lowest BCUT2D eigenvalue weighted by Crippen LogP contribution is -2.53. The average Bonchev–Trinajstić information content (AvgIpc) is 2.49. The Morgan fingerprint density at radius 2 is 1.84 bits per heavy atom. The summed E-state index contributed by atoms with van der Waals surface area (Å²) in [6.07, 6.45) is 5.25. The molecule has 0 aromatic heterocycles. The van der Waals surface area contributed by atoms with Gasteiger partial charge in [0, 0.05) is 18.1 Å². The first-order valence-corrected chi connectivity index (χ1v) is 9.61. The predicted octanol–water partition coefficient (Wildman–Crippen LogP) is 4.74. The molecule has 0 radical (unpaired) electrons. The normalized spacial score (nSPS) is 21.3. The molecule has 1 aromatic carbocycles. The molecule has 0 aliphatic heterocycles. The van der Waals surface area contributed by atoms with Crippen molar-refractivity contribution in [3.8, 4) is 0 Å². The molecule has 4 heteroatoms. The van der Waals surface area contributed by atoms with Gasteiger partial charge in [-0.1, -0.05) is 37.6 Å². The highest BCUT2D eigenvalue weighted by Gasteiger charge is 2.32. The number of ether oxygens (including phenoxy) is 1. The molecule has 1 aromatic rings. The van der Waals surface area contributed by atoms with E-state index in [0.717, 1.165) is 12.8 Å². The highest BCUT2D eigenvalue weighted by Crippen LogP contribution is 2.24. The Balaban J connectivity index is 1.70. The molecule has 2 N–H and O–H groups in total. The summed E-state index contributed by atoms with van der Waals surface area (Å²) in [6.45, 7) is 10.1. The second-order valence-corrected chi connectivity index (χ2v) is 8.24. The number of rotatable bonds is 7. The van der Waals surface area contributed by atoms with Crippen LogP contribution in [0.1, 0.15) is 77.5 Å². The van der Waals surface area contributed by atoms with Crippen LogP contribution in [0.4, 0.5) is 4.79 Å². The number of aryl methyl sites for hydroxylation is 1. The number of carbonyl (C=O) groups is 1. The lowest BCUT2D eigenvalue weighted by atomic mass is 9.86. The van der Waals surface area contributed by atoms with Gasteiger partial charge in [-0.15, -0.1) is 0 Å². The third-order valence-corrected chi connectivity index (χ3v) is 4.64. The van der Waals surface area contributed by atoms with Crippen molar-refractivity contribution in [3.05, 3.63) is 35.4 Å². The molecule has 1 fully saturated rings. The molecule has 1 aliphatic rings. The highest BCUT2D eigenvalue weighted by molar-refractivity contribution is 5.68. The number of hydrogen-bond acceptors (Lipinski definition) is 3. The third-order valence-electron chi connectivity index (χ3n) is 4.64. The van der Waals surface area contributed by atoms with Gasteiger partial charge in [-0.2, -0.15) is 0 Å². The zero-order valence-electron chi connectivity index (χ0n) is 16.4. The van der Waals surface area contributed by atoms with Crippen LogP contribution in [-0.4, -0.2) is 23.8 Å². The highest BCUT2D eigenvalue weighted by atomic mass is 16.6. The lowest BCUT2D eigenvalue weighted by Gasteiger charge is -2.38. The minimum atomic E-state index is -0.441. The van der Waals surface area contributed by atoms with Crippen molar-refractivity contribution in [2.24, 2.45) is 0 Å². The van der Waals surface area contributed by atoms with E-state index in [1.807, 2.05) is 20.8 Å². The molecular formula is C21H34N2O2. The van der Waals surface area contributed by atoms with Crippen LogP contribution in [0.15, 0.2) is 24.3 Å². The van der Waals surface area contributed by atoms with E-state index in [-0.39, 0.29) is 12.1 Å². The maximum Gasteiger partial charge on any atom is 0.407 e. The van der Waals surface area contributed by atoms with Gasteiger partial charge in [0.05, 0.1) is 0 Å². The summed E-state index contributed by atoms with van der Waals surface area (Å²) in [5.41, 5.74) is 2.30. The van der Waals surface area contributed by atoms with Crippen molar-refractivity contribution in [3.63, 3.8) is 0 Å². The molecule has 0 heterocycles. The first kappa shape index (κ1) is 19.8. The summed E-state index contributed by atoms with van der Waals surface area (Å²) in [6, 6.07) is 9.96. The standard InChI is InChI=1S/C21H34N2O2/c1-6-7-8-16-9-11-17(12-10-16)15(2)22-18-13-19(14-18)23-20(24)25-21(3,4)5/h9-12,15,18-19,22H,6-8,13-14H2,1-5H3,(H,23,24). The Hall–Kier alpha value is -1.55. The molecule has 2 rings (SSSR count). The Morgan fingerprint density at radius 1 is 1.20 bits per heavy atom. The maximum atomic E-state index is 11.8. The van der Waals surface area contributed by atoms with Crippen LogP contribution >= 0.6 is 0 Å². The average molecular weight is 347 g/mol. The van der Waals surface area contributed by atoms with Crippen molar-refractivity contribution in [1.82, 2.24) is 10.6 Å². The molecule has 0 saturated heterocycles. The Labute approximate surface area is 152 Å². The Morgan fingerprint density at radius 3 is 2.40 bits per heavy atom. The number of hydrogen-bond donors (Lipinski definition) is 2. The first-order valence-electron chi connectivity index (χ1n) is 9.61. The molecule has 1 atom stereocenters. The molecule has 1 amide bonds. The number of nitrogens with one attached hydrogen (secondary N) is 2. The van der Waals surface area contributed by atoms with Crippen molar-refractivity contribution < 1.29 is 9.53 Å². The Kier molecular flexibility index (Phi) is 6.88.